The summed E-state index contributed by atoms with van der Waals surface area (Å²) in [7, 11) is 2.82. The summed E-state index contributed by atoms with van der Waals surface area (Å²) >= 11 is 2.18. The Morgan fingerprint density at radius 1 is 1.31 bits per heavy atom. The fourth-order valence-electron chi connectivity index (χ4n) is 3.45. The van der Waals surface area contributed by atoms with Crippen molar-refractivity contribution in [1.82, 2.24) is 8.96 Å². The van der Waals surface area contributed by atoms with Crippen molar-refractivity contribution >= 4 is 47.3 Å². The molecule has 4 rings (SSSR count). The number of esters is 1. The summed E-state index contributed by atoms with van der Waals surface area (Å²) in [5, 5.41) is 10.5. The predicted molar refractivity (Wildman–Crippen MR) is 134 cm³/mol. The molecule has 1 fully saturated rings. The molecule has 0 radical (unpaired) electrons. The molecule has 1 aromatic carbocycles. The lowest BCUT2D eigenvalue weighted by Gasteiger charge is -2.23. The zero-order valence-electron chi connectivity index (χ0n) is 18.1. The van der Waals surface area contributed by atoms with Gasteiger partial charge in [-0.1, -0.05) is 19.9 Å². The van der Waals surface area contributed by atoms with Crippen LogP contribution < -0.4 is 4.74 Å². The first-order valence-electron chi connectivity index (χ1n) is 10.3. The molecule has 0 bridgehead atoms. The largest absolute Gasteiger partial charge is 0.489 e. The second-order valence-corrected chi connectivity index (χ2v) is 8.49. The highest BCUT2D eigenvalue weighted by atomic mass is 127. The first-order chi connectivity index (χ1) is 15.6. The zero-order valence-corrected chi connectivity index (χ0v) is 21.1. The molecule has 9 heteroatoms. The van der Waals surface area contributed by atoms with Crippen LogP contribution in [0.1, 0.15) is 42.6 Å². The van der Waals surface area contributed by atoms with Crippen molar-refractivity contribution in [3.05, 3.63) is 47.8 Å². The van der Waals surface area contributed by atoms with Gasteiger partial charge in [-0.05, 0) is 23.8 Å². The summed E-state index contributed by atoms with van der Waals surface area (Å²) in [6.45, 7) is 5.35. The number of aromatic nitrogens is 2. The van der Waals surface area contributed by atoms with Crippen molar-refractivity contribution in [2.45, 2.75) is 32.8 Å². The molecule has 0 atom stereocenters. The molecule has 0 saturated carbocycles. The van der Waals surface area contributed by atoms with Gasteiger partial charge in [0, 0.05) is 66.5 Å². The van der Waals surface area contributed by atoms with E-state index in [1.54, 1.807) is 6.07 Å². The van der Waals surface area contributed by atoms with Crippen molar-refractivity contribution < 1.29 is 19.0 Å². The van der Waals surface area contributed by atoms with Crippen molar-refractivity contribution in [3.63, 3.8) is 0 Å². The molecule has 0 unspecified atom stereocenters. The van der Waals surface area contributed by atoms with Gasteiger partial charge in [0.15, 0.2) is 5.65 Å². The van der Waals surface area contributed by atoms with Crippen LogP contribution >= 0.6 is 30.3 Å². The minimum atomic E-state index is -0.442. The number of nitriles is 1. The number of carbonyl (C=O) groups is 1. The fourth-order valence-corrected chi connectivity index (χ4v) is 4.71. The summed E-state index contributed by atoms with van der Waals surface area (Å²) in [6, 6.07) is 9.59. The summed E-state index contributed by atoms with van der Waals surface area (Å²) < 4.78 is 18.2. The van der Waals surface area contributed by atoms with Gasteiger partial charge in [-0.15, -0.1) is 0 Å². The third-order valence-corrected chi connectivity index (χ3v) is 6.68. The van der Waals surface area contributed by atoms with Gasteiger partial charge in [-0.3, -0.25) is 3.97 Å². The minimum absolute atomic E-state index is 0.0563. The van der Waals surface area contributed by atoms with Gasteiger partial charge in [0.25, 0.3) is 0 Å². The number of benzene rings is 1. The highest BCUT2D eigenvalue weighted by Crippen LogP contribution is 2.36. The monoisotopic (exact) mass is 565 g/mol. The lowest BCUT2D eigenvalue weighted by atomic mass is 10.0. The Bertz CT molecular complexity index is 1140. The highest BCUT2D eigenvalue weighted by Gasteiger charge is 2.19. The van der Waals surface area contributed by atoms with Crippen LogP contribution in [0.2, 0.25) is 0 Å². The van der Waals surface area contributed by atoms with Crippen LogP contribution in [0.5, 0.6) is 5.75 Å². The van der Waals surface area contributed by atoms with E-state index < -0.39 is 5.97 Å². The van der Waals surface area contributed by atoms with Crippen LogP contribution in [0.25, 0.3) is 22.2 Å². The Morgan fingerprint density at radius 3 is 2.72 bits per heavy atom. The first kappa shape index (κ1) is 24.4. The number of fused-ring (bicyclic) bond motifs is 1. The van der Waals surface area contributed by atoms with Gasteiger partial charge in [0.05, 0.1) is 31.5 Å². The van der Waals surface area contributed by atoms with Gasteiger partial charge in [0.2, 0.25) is 0 Å². The van der Waals surface area contributed by atoms with E-state index in [0.29, 0.717) is 30.1 Å². The number of halogens is 1. The molecule has 0 aliphatic carbocycles. The van der Waals surface area contributed by atoms with Crippen molar-refractivity contribution in [2.24, 2.45) is 0 Å². The molecule has 1 aliphatic heterocycles. The van der Waals surface area contributed by atoms with E-state index in [4.69, 9.17) is 14.2 Å². The number of ether oxygens (including phenoxy) is 3. The molecule has 0 amide bonds. The second kappa shape index (κ2) is 11.5. The summed E-state index contributed by atoms with van der Waals surface area (Å²) in [5.74, 6) is 0.136. The van der Waals surface area contributed by atoms with Gasteiger partial charge < -0.3 is 14.2 Å². The lowest BCUT2D eigenvalue weighted by molar-refractivity contribution is 0.0254. The molecular weight excluding hydrogens is 541 g/mol. The lowest BCUT2D eigenvalue weighted by Crippen LogP contribution is -2.26. The van der Waals surface area contributed by atoms with Gasteiger partial charge >= 0.3 is 5.97 Å². The minimum Gasteiger partial charge on any atom is -0.489 e. The molecule has 3 aromatic rings. The average Bonchev–Trinajstić information content (AvgIpc) is 3.23. The molecule has 2 aromatic heterocycles. The zero-order chi connectivity index (χ0) is 23.1. The molecule has 168 valence electrons. The molecular formula is C23H24IN3O4S. The normalized spacial score (nSPS) is 13.7. The maximum Gasteiger partial charge on any atom is 0.339 e. The van der Waals surface area contributed by atoms with Crippen molar-refractivity contribution in [1.29, 1.82) is 5.26 Å². The van der Waals surface area contributed by atoms with Crippen LogP contribution in [0, 0.1) is 11.3 Å². The highest BCUT2D eigenvalue weighted by molar-refractivity contribution is 14.2. The Labute approximate surface area is 203 Å². The van der Waals surface area contributed by atoms with E-state index >= 15 is 0 Å². The van der Waals surface area contributed by atoms with Gasteiger partial charge in [-0.25, -0.2) is 9.78 Å². The number of pyridine rings is 1. The summed E-state index contributed by atoms with van der Waals surface area (Å²) in [6.07, 6.45) is 5.14. The van der Waals surface area contributed by atoms with Crippen LogP contribution in [0.4, 0.5) is 0 Å². The van der Waals surface area contributed by atoms with Crippen molar-refractivity contribution in [2.75, 3.05) is 20.3 Å². The van der Waals surface area contributed by atoms with Gasteiger partial charge in [-0.2, -0.15) is 5.26 Å². The quantitative estimate of drug-likeness (QED) is 0.286. The summed E-state index contributed by atoms with van der Waals surface area (Å²) in [4.78, 5) is 16.4. The number of methoxy groups -OCH3 is 1. The predicted octanol–water partition coefficient (Wildman–Crippen LogP) is 5.79. The molecule has 0 spiro atoms. The van der Waals surface area contributed by atoms with E-state index in [1.165, 1.54) is 22.4 Å². The molecule has 3 heterocycles. The van der Waals surface area contributed by atoms with E-state index in [9.17, 15) is 10.1 Å². The smallest absolute Gasteiger partial charge is 0.339 e. The van der Waals surface area contributed by atoms with E-state index in [1.807, 2.05) is 42.2 Å². The van der Waals surface area contributed by atoms with Crippen LogP contribution in [0.15, 0.2) is 36.7 Å². The first-order valence-corrected chi connectivity index (χ1v) is 13.6. The number of nitrogens with zero attached hydrogens (tertiary/aromatic N) is 3. The summed E-state index contributed by atoms with van der Waals surface area (Å²) in [5.41, 5.74) is 3.31. The van der Waals surface area contributed by atoms with Crippen LogP contribution in [-0.2, 0) is 9.47 Å². The fraction of sp³-hybridized carbons (Fsp3) is 0.348. The van der Waals surface area contributed by atoms with Crippen molar-refractivity contribution in [3.8, 4) is 22.9 Å². The molecule has 1 aliphatic rings. The molecule has 7 nitrogen and oxygen atoms in total. The Hall–Kier alpha value is -2.29. The Balaban J connectivity index is 0.00000141. The number of hydrogen-bond donors (Lipinski definition) is 0. The SMILES string of the molecule is CC.COC(=O)c1cnc2c(c1)c(-c1ccc(OC3CCOCC3)c(C#N)c1)cn2SI. The molecule has 1 saturated heterocycles. The third-order valence-electron chi connectivity index (χ3n) is 4.98. The van der Waals surface area contributed by atoms with Gasteiger partial charge in [0.1, 0.15) is 17.9 Å². The average molecular weight is 565 g/mol. The molecule has 0 N–H and O–H groups in total. The van der Waals surface area contributed by atoms with Crippen LogP contribution in [0.3, 0.4) is 0 Å². The van der Waals surface area contributed by atoms with E-state index in [-0.39, 0.29) is 6.10 Å². The van der Waals surface area contributed by atoms with Crippen LogP contribution in [-0.4, -0.2) is 41.4 Å². The second-order valence-electron chi connectivity index (χ2n) is 6.78. The number of rotatable bonds is 5. The Morgan fingerprint density at radius 2 is 2.06 bits per heavy atom. The van der Waals surface area contributed by atoms with E-state index in [0.717, 1.165) is 35.0 Å². The standard InChI is InChI=1S/C21H18IN3O4S.C2H6/c1-27-21(26)15-9-17-18(12-25(30-22)20(17)24-11-15)13-2-3-19(14(8-13)10-23)29-16-4-6-28-7-5-16;1-2/h2-3,8-9,11-12,16H,4-7H2,1H3;1-2H3. The third kappa shape index (κ3) is 5.19. The van der Waals surface area contributed by atoms with E-state index in [2.05, 4.69) is 32.3 Å². The molecule has 32 heavy (non-hydrogen) atoms. The Kier molecular flexibility index (Phi) is 8.78. The maximum absolute atomic E-state index is 12.0. The number of hydrogen-bond acceptors (Lipinski definition) is 7. The maximum atomic E-state index is 12.0. The number of carbonyl (C=O) groups excluding carboxylic acids is 1. The topological polar surface area (TPSA) is 86.4 Å².